The molecule has 6 heteroatoms. The predicted molar refractivity (Wildman–Crippen MR) is 102 cm³/mol. The van der Waals surface area contributed by atoms with Crippen molar-refractivity contribution in [3.8, 4) is 5.88 Å². The van der Waals surface area contributed by atoms with Crippen molar-refractivity contribution in [2.75, 3.05) is 18.9 Å². The molecule has 0 saturated carbocycles. The number of anilines is 1. The zero-order valence-electron chi connectivity index (χ0n) is 16.0. The standard InChI is InChI=1S/C19H36N4O2/c1-3-5-6-7-8-9-10-11-12-13-14-21-17-16-18(25-15-4-2)22-19(20)23(17)24/h16,24H,3-15H2,1-2H3,(H2,20,22). The van der Waals surface area contributed by atoms with E-state index in [0.717, 1.165) is 17.6 Å². The number of aromatic nitrogens is 2. The van der Waals surface area contributed by atoms with E-state index in [1.165, 1.54) is 57.8 Å². The van der Waals surface area contributed by atoms with E-state index < -0.39 is 0 Å². The van der Waals surface area contributed by atoms with Gasteiger partial charge in [0.05, 0.1) is 6.61 Å². The van der Waals surface area contributed by atoms with Crippen LogP contribution >= 0.6 is 0 Å². The lowest BCUT2D eigenvalue weighted by molar-refractivity contribution is 0.172. The van der Waals surface area contributed by atoms with E-state index in [9.17, 15) is 5.21 Å². The quantitative estimate of drug-likeness (QED) is 0.386. The molecule has 0 aromatic carbocycles. The van der Waals surface area contributed by atoms with Crippen LogP contribution in [0.1, 0.15) is 84.5 Å². The molecule has 0 saturated heterocycles. The molecule has 0 amide bonds. The lowest BCUT2D eigenvalue weighted by Crippen LogP contribution is -2.24. The van der Waals surface area contributed by atoms with Gasteiger partial charge in [0.25, 0.3) is 0 Å². The fourth-order valence-corrected chi connectivity index (χ4v) is 2.67. The van der Waals surface area contributed by atoms with Crippen molar-refractivity contribution < 1.29 is 9.94 Å². The summed E-state index contributed by atoms with van der Waals surface area (Å²) in [6.45, 7) is 5.52. The fourth-order valence-electron chi connectivity index (χ4n) is 2.67. The van der Waals surface area contributed by atoms with Gasteiger partial charge < -0.3 is 15.7 Å². The Bertz CT molecular complexity index is 529. The van der Waals surface area contributed by atoms with E-state index in [1.54, 1.807) is 6.07 Å². The molecule has 0 unspecified atom stereocenters. The van der Waals surface area contributed by atoms with Gasteiger partial charge in [-0.25, -0.2) is 0 Å². The summed E-state index contributed by atoms with van der Waals surface area (Å²) in [5, 5.41) is 9.89. The van der Waals surface area contributed by atoms with Crippen molar-refractivity contribution >= 4 is 5.95 Å². The molecule has 0 aliphatic rings. The van der Waals surface area contributed by atoms with Crippen LogP contribution in [0.25, 0.3) is 0 Å². The number of hydrogen-bond acceptors (Lipinski definition) is 5. The van der Waals surface area contributed by atoms with Crippen molar-refractivity contribution in [2.45, 2.75) is 84.5 Å². The largest absolute Gasteiger partial charge is 0.477 e. The highest BCUT2D eigenvalue weighted by Crippen LogP contribution is 2.10. The number of hydrogen-bond donors (Lipinski definition) is 2. The smallest absolute Gasteiger partial charge is 0.239 e. The van der Waals surface area contributed by atoms with Gasteiger partial charge in [-0.2, -0.15) is 4.98 Å². The lowest BCUT2D eigenvalue weighted by atomic mass is 10.1. The molecular formula is C19H36N4O2. The minimum atomic E-state index is -0.00424. The first-order chi connectivity index (χ1) is 12.2. The summed E-state index contributed by atoms with van der Waals surface area (Å²) in [6.07, 6.45) is 13.8. The average molecular weight is 353 g/mol. The second-order valence-electron chi connectivity index (χ2n) is 6.53. The monoisotopic (exact) mass is 352 g/mol. The molecule has 0 bridgehead atoms. The fraction of sp³-hybridized carbons (Fsp3) is 0.789. The molecule has 6 nitrogen and oxygen atoms in total. The maximum atomic E-state index is 9.89. The van der Waals surface area contributed by atoms with Crippen LogP contribution in [0, 0.1) is 0 Å². The number of ether oxygens (including phenoxy) is 1. The van der Waals surface area contributed by atoms with Gasteiger partial charge in [-0.15, -0.1) is 4.73 Å². The molecule has 144 valence electrons. The number of unbranched alkanes of at least 4 members (excludes halogenated alkanes) is 9. The van der Waals surface area contributed by atoms with Crippen LogP contribution in [0.5, 0.6) is 5.88 Å². The first-order valence-electron chi connectivity index (χ1n) is 9.91. The topological polar surface area (TPSA) is 85.7 Å². The van der Waals surface area contributed by atoms with Crippen LogP contribution < -0.4 is 16.0 Å². The molecule has 1 heterocycles. The molecular weight excluding hydrogens is 316 g/mol. The van der Waals surface area contributed by atoms with E-state index in [4.69, 9.17) is 10.5 Å². The molecule has 1 aromatic heterocycles. The van der Waals surface area contributed by atoms with Crippen LogP contribution in [0.2, 0.25) is 0 Å². The normalized spacial score (nSPS) is 11.8. The van der Waals surface area contributed by atoms with Crippen molar-refractivity contribution in [3.05, 3.63) is 11.6 Å². The Morgan fingerprint density at radius 3 is 2.20 bits per heavy atom. The van der Waals surface area contributed by atoms with Gasteiger partial charge in [-0.3, -0.25) is 4.99 Å². The summed E-state index contributed by atoms with van der Waals surface area (Å²) in [7, 11) is 0. The summed E-state index contributed by atoms with van der Waals surface area (Å²) in [5.41, 5.74) is 6.08. The second kappa shape index (κ2) is 13.6. The minimum absolute atomic E-state index is 0.00424. The van der Waals surface area contributed by atoms with Crippen molar-refractivity contribution in [1.82, 2.24) is 9.71 Å². The molecule has 0 fully saturated rings. The Kier molecular flexibility index (Phi) is 11.6. The number of nitrogen functional groups attached to an aromatic ring is 1. The number of rotatable bonds is 14. The minimum Gasteiger partial charge on any atom is -0.477 e. The molecule has 0 aliphatic carbocycles. The average Bonchev–Trinajstić information content (AvgIpc) is 2.61. The SMILES string of the molecule is CCCCCCCCCCCCN=c1cc(OCCC)nc(N)n1O. The summed E-state index contributed by atoms with van der Waals surface area (Å²) in [4.78, 5) is 8.40. The van der Waals surface area contributed by atoms with Crippen molar-refractivity contribution in [1.29, 1.82) is 0 Å². The molecule has 1 aromatic rings. The van der Waals surface area contributed by atoms with Gasteiger partial charge in [0.15, 0.2) is 5.49 Å². The van der Waals surface area contributed by atoms with Crippen LogP contribution in [-0.2, 0) is 0 Å². The molecule has 3 N–H and O–H groups in total. The van der Waals surface area contributed by atoms with Gasteiger partial charge in [-0.05, 0) is 12.8 Å². The third-order valence-corrected chi connectivity index (χ3v) is 4.15. The lowest BCUT2D eigenvalue weighted by Gasteiger charge is -2.07. The summed E-state index contributed by atoms with van der Waals surface area (Å²) < 4.78 is 6.28. The summed E-state index contributed by atoms with van der Waals surface area (Å²) in [5.74, 6) is 0.405. The predicted octanol–water partition coefficient (Wildman–Crippen LogP) is 4.31. The van der Waals surface area contributed by atoms with E-state index in [2.05, 4.69) is 16.9 Å². The molecule has 0 radical (unpaired) electrons. The highest BCUT2D eigenvalue weighted by Gasteiger charge is 2.03. The summed E-state index contributed by atoms with van der Waals surface area (Å²) >= 11 is 0. The Balaban J connectivity index is 2.26. The van der Waals surface area contributed by atoms with Crippen LogP contribution in [0.4, 0.5) is 5.95 Å². The van der Waals surface area contributed by atoms with Crippen LogP contribution in [0.15, 0.2) is 11.1 Å². The van der Waals surface area contributed by atoms with Crippen molar-refractivity contribution in [2.24, 2.45) is 4.99 Å². The Morgan fingerprint density at radius 2 is 1.60 bits per heavy atom. The maximum absolute atomic E-state index is 9.89. The number of nitrogens with two attached hydrogens (primary N) is 1. The molecule has 25 heavy (non-hydrogen) atoms. The van der Waals surface area contributed by atoms with Gasteiger partial charge in [0.1, 0.15) is 0 Å². The zero-order chi connectivity index (χ0) is 18.3. The van der Waals surface area contributed by atoms with E-state index >= 15 is 0 Å². The highest BCUT2D eigenvalue weighted by molar-refractivity contribution is 5.21. The van der Waals surface area contributed by atoms with Gasteiger partial charge in [0.2, 0.25) is 11.8 Å². The van der Waals surface area contributed by atoms with Crippen LogP contribution in [0.3, 0.4) is 0 Å². The Hall–Kier alpha value is -1.72. The zero-order valence-corrected chi connectivity index (χ0v) is 16.0. The molecule has 0 spiro atoms. The van der Waals surface area contributed by atoms with Gasteiger partial charge >= 0.3 is 0 Å². The first-order valence-corrected chi connectivity index (χ1v) is 9.91. The first kappa shape index (κ1) is 21.3. The highest BCUT2D eigenvalue weighted by atomic mass is 16.5. The molecule has 0 atom stereocenters. The third kappa shape index (κ3) is 9.37. The van der Waals surface area contributed by atoms with Gasteiger partial charge in [0, 0.05) is 12.6 Å². The van der Waals surface area contributed by atoms with Crippen LogP contribution in [-0.4, -0.2) is 28.1 Å². The Morgan fingerprint density at radius 1 is 1.00 bits per heavy atom. The maximum Gasteiger partial charge on any atom is 0.239 e. The number of nitrogens with zero attached hydrogens (tertiary/aromatic N) is 3. The second-order valence-corrected chi connectivity index (χ2v) is 6.53. The van der Waals surface area contributed by atoms with Gasteiger partial charge in [-0.1, -0.05) is 71.6 Å². The van der Waals surface area contributed by atoms with E-state index in [-0.39, 0.29) is 5.95 Å². The van der Waals surface area contributed by atoms with Crippen molar-refractivity contribution in [3.63, 3.8) is 0 Å². The molecule has 1 rings (SSSR count). The van der Waals surface area contributed by atoms with E-state index in [1.807, 2.05) is 6.92 Å². The Labute approximate surface area is 152 Å². The summed E-state index contributed by atoms with van der Waals surface area (Å²) in [6, 6.07) is 1.63. The molecule has 0 aliphatic heterocycles. The third-order valence-electron chi connectivity index (χ3n) is 4.15. The van der Waals surface area contributed by atoms with E-state index in [0.29, 0.717) is 24.5 Å².